The summed E-state index contributed by atoms with van der Waals surface area (Å²) in [6.07, 6.45) is 14.4. The quantitative estimate of drug-likeness (QED) is 0.140. The number of nitro benzene ring substituents is 1. The molecule has 0 aliphatic carbocycles. The third-order valence-corrected chi connectivity index (χ3v) is 7.98. The molecule has 0 saturated heterocycles. The Hall–Kier alpha value is -3.29. The van der Waals surface area contributed by atoms with E-state index in [1.807, 2.05) is 13.1 Å². The molecule has 0 fully saturated rings. The van der Waals surface area contributed by atoms with Gasteiger partial charge in [0, 0.05) is 54.7 Å². The summed E-state index contributed by atoms with van der Waals surface area (Å²) in [6.45, 7) is 5.67. The Morgan fingerprint density at radius 1 is 1.14 bits per heavy atom. The number of anilines is 1. The highest BCUT2D eigenvalue weighted by molar-refractivity contribution is 7.18. The Morgan fingerprint density at radius 3 is 2.69 bits per heavy atom. The summed E-state index contributed by atoms with van der Waals surface area (Å²) >= 11 is 1.56. The zero-order valence-electron chi connectivity index (χ0n) is 21.7. The highest BCUT2D eigenvalue weighted by atomic mass is 32.1. The topological polar surface area (TPSA) is 50.3 Å². The number of nitrogens with zero attached hydrogens (tertiary/aromatic N) is 4. The summed E-state index contributed by atoms with van der Waals surface area (Å²) in [5, 5.41) is 12.2. The first-order valence-electron chi connectivity index (χ1n) is 12.6. The molecule has 0 bridgehead atoms. The predicted molar refractivity (Wildman–Crippen MR) is 151 cm³/mol. The van der Waals surface area contributed by atoms with Crippen molar-refractivity contribution in [2.24, 2.45) is 7.05 Å². The van der Waals surface area contributed by atoms with E-state index < -0.39 is 0 Å². The van der Waals surface area contributed by atoms with Crippen molar-refractivity contribution in [2.45, 2.75) is 26.2 Å². The fourth-order valence-corrected chi connectivity index (χ4v) is 5.77. The number of aromatic nitrogens is 1. The van der Waals surface area contributed by atoms with Gasteiger partial charge in [0.1, 0.15) is 11.7 Å². The van der Waals surface area contributed by atoms with Gasteiger partial charge in [0.15, 0.2) is 0 Å². The standard InChI is InChI=1S/C29H36N4O2S/c1-5-6-20-33(3,4)21-10-18-31-19-17-23(25-12-7-8-13-26(25)31)11-9-14-29-30(2)27-16-15-24(32(34)35)22-28(27)36-29/h7-9,11-17,19,22H,5-6,10,18,20-21H2,1-4H3/q+2. The van der Waals surface area contributed by atoms with Crippen LogP contribution in [-0.2, 0) is 7.05 Å². The average molecular weight is 505 g/mol. The fourth-order valence-electron chi connectivity index (χ4n) is 4.67. The maximum absolute atomic E-state index is 11.1. The zero-order chi connectivity index (χ0) is 25.7. The SMILES string of the molecule is CCCC[N+](C)(C)CCCN1C=CC(=CC=Cc2sc3cc([N+](=O)[O-])ccc3[n+]2C)c2ccccc21. The van der Waals surface area contributed by atoms with Gasteiger partial charge in [0.05, 0.1) is 32.1 Å². The molecular weight excluding hydrogens is 468 g/mol. The molecule has 7 heteroatoms. The van der Waals surface area contributed by atoms with E-state index in [1.54, 1.807) is 23.5 Å². The predicted octanol–water partition coefficient (Wildman–Crippen LogP) is 6.33. The fraction of sp³-hybridized carbons (Fsp3) is 0.345. The van der Waals surface area contributed by atoms with Crippen LogP contribution in [0.3, 0.4) is 0 Å². The maximum atomic E-state index is 11.1. The largest absolute Gasteiger partial charge is 0.347 e. The minimum absolute atomic E-state index is 0.124. The molecule has 1 aromatic heterocycles. The summed E-state index contributed by atoms with van der Waals surface area (Å²) in [7, 11) is 6.66. The molecule has 0 N–H and O–H groups in total. The van der Waals surface area contributed by atoms with E-state index in [1.165, 1.54) is 42.8 Å². The Labute approximate surface area is 217 Å². The number of thiazole rings is 1. The number of hydrogen-bond donors (Lipinski definition) is 0. The first-order chi connectivity index (χ1) is 17.3. The van der Waals surface area contributed by atoms with Crippen LogP contribution in [0, 0.1) is 10.1 Å². The van der Waals surface area contributed by atoms with E-state index in [0.717, 1.165) is 32.7 Å². The lowest BCUT2D eigenvalue weighted by Crippen LogP contribution is -2.42. The van der Waals surface area contributed by atoms with Crippen molar-refractivity contribution in [3.8, 4) is 0 Å². The third-order valence-electron chi connectivity index (χ3n) is 6.81. The first-order valence-corrected chi connectivity index (χ1v) is 13.4. The number of nitro groups is 1. The highest BCUT2D eigenvalue weighted by Crippen LogP contribution is 2.33. The number of quaternary nitrogens is 1. The second-order valence-corrected chi connectivity index (χ2v) is 11.1. The number of rotatable bonds is 10. The van der Waals surface area contributed by atoms with Crippen LogP contribution in [0.4, 0.5) is 11.4 Å². The minimum atomic E-state index is -0.346. The molecule has 0 spiro atoms. The normalized spacial score (nSPS) is 14.8. The number of unbranched alkanes of at least 4 members (excludes halogenated alkanes) is 1. The molecular formula is C29H36N4O2S+2. The molecule has 0 unspecified atom stereocenters. The molecule has 6 nitrogen and oxygen atoms in total. The summed E-state index contributed by atoms with van der Waals surface area (Å²) in [5.74, 6) is 0. The summed E-state index contributed by atoms with van der Waals surface area (Å²) in [5.41, 5.74) is 4.78. The number of allylic oxidation sites excluding steroid dienone is 4. The highest BCUT2D eigenvalue weighted by Gasteiger charge is 2.19. The molecule has 1 aliphatic rings. The number of aryl methyl sites for hydroxylation is 1. The van der Waals surface area contributed by atoms with Crippen molar-refractivity contribution >= 4 is 44.6 Å². The second-order valence-electron chi connectivity index (χ2n) is 10.0. The van der Waals surface area contributed by atoms with E-state index in [9.17, 15) is 10.1 Å². The number of para-hydroxylation sites is 1. The second kappa shape index (κ2) is 11.2. The van der Waals surface area contributed by atoms with Gasteiger partial charge in [-0.05, 0) is 24.1 Å². The molecule has 188 valence electrons. The van der Waals surface area contributed by atoms with Crippen LogP contribution in [0.5, 0.6) is 0 Å². The molecule has 2 heterocycles. The van der Waals surface area contributed by atoms with Crippen LogP contribution in [0.15, 0.2) is 66.9 Å². The molecule has 36 heavy (non-hydrogen) atoms. The number of non-ortho nitro benzene ring substituents is 1. The van der Waals surface area contributed by atoms with Crippen LogP contribution >= 0.6 is 11.3 Å². The van der Waals surface area contributed by atoms with Crippen LogP contribution in [-0.4, -0.2) is 43.1 Å². The van der Waals surface area contributed by atoms with Crippen molar-refractivity contribution in [3.05, 3.63) is 87.6 Å². The minimum Gasteiger partial charge on any atom is -0.347 e. The molecule has 0 atom stereocenters. The van der Waals surface area contributed by atoms with Crippen molar-refractivity contribution in [2.75, 3.05) is 38.6 Å². The Bertz CT molecular complexity index is 1340. The molecule has 0 amide bonds. The Morgan fingerprint density at radius 2 is 1.92 bits per heavy atom. The first kappa shape index (κ1) is 25.8. The number of fused-ring (bicyclic) bond motifs is 2. The molecule has 1 aliphatic heterocycles. The van der Waals surface area contributed by atoms with Gasteiger partial charge in [-0.2, -0.15) is 4.57 Å². The third kappa shape index (κ3) is 5.91. The lowest BCUT2D eigenvalue weighted by Gasteiger charge is -2.32. The van der Waals surface area contributed by atoms with Gasteiger partial charge in [-0.25, -0.2) is 0 Å². The summed E-state index contributed by atoms with van der Waals surface area (Å²) in [4.78, 5) is 13.1. The summed E-state index contributed by atoms with van der Waals surface area (Å²) in [6, 6.07) is 13.6. The van der Waals surface area contributed by atoms with Gasteiger partial charge in [-0.15, -0.1) is 0 Å². The molecule has 2 aromatic carbocycles. The van der Waals surface area contributed by atoms with Gasteiger partial charge in [-0.3, -0.25) is 10.1 Å². The van der Waals surface area contributed by atoms with E-state index in [-0.39, 0.29) is 10.6 Å². The van der Waals surface area contributed by atoms with Crippen molar-refractivity contribution in [1.82, 2.24) is 0 Å². The Kier molecular flexibility index (Phi) is 8.01. The van der Waals surface area contributed by atoms with E-state index >= 15 is 0 Å². The molecule has 3 aromatic rings. The van der Waals surface area contributed by atoms with Crippen LogP contribution in [0.1, 0.15) is 36.8 Å². The number of hydrogen-bond acceptors (Lipinski definition) is 4. The van der Waals surface area contributed by atoms with Crippen LogP contribution < -0.4 is 9.47 Å². The zero-order valence-corrected chi connectivity index (χ0v) is 22.5. The average Bonchev–Trinajstić information content (AvgIpc) is 3.18. The van der Waals surface area contributed by atoms with Gasteiger partial charge < -0.3 is 9.38 Å². The lowest BCUT2D eigenvalue weighted by atomic mass is 9.99. The monoisotopic (exact) mass is 504 g/mol. The van der Waals surface area contributed by atoms with Gasteiger partial charge in [0.25, 0.3) is 10.7 Å². The van der Waals surface area contributed by atoms with Gasteiger partial charge in [0.2, 0.25) is 5.52 Å². The van der Waals surface area contributed by atoms with E-state index in [2.05, 4.69) is 85.3 Å². The lowest BCUT2D eigenvalue weighted by molar-refractivity contribution is -0.890. The maximum Gasteiger partial charge on any atom is 0.271 e. The van der Waals surface area contributed by atoms with Crippen LogP contribution in [0.25, 0.3) is 21.9 Å². The molecule has 4 rings (SSSR count). The van der Waals surface area contributed by atoms with Crippen molar-refractivity contribution < 1.29 is 14.0 Å². The van der Waals surface area contributed by atoms with Crippen LogP contribution in [0.2, 0.25) is 0 Å². The van der Waals surface area contributed by atoms with Gasteiger partial charge in [-0.1, -0.05) is 55.0 Å². The summed E-state index contributed by atoms with van der Waals surface area (Å²) < 4.78 is 4.06. The van der Waals surface area contributed by atoms with E-state index in [0.29, 0.717) is 0 Å². The van der Waals surface area contributed by atoms with Gasteiger partial charge >= 0.3 is 0 Å². The van der Waals surface area contributed by atoms with Crippen molar-refractivity contribution in [1.29, 1.82) is 0 Å². The number of benzene rings is 2. The van der Waals surface area contributed by atoms with Crippen molar-refractivity contribution in [3.63, 3.8) is 0 Å². The van der Waals surface area contributed by atoms with E-state index in [4.69, 9.17) is 0 Å². The molecule has 0 saturated carbocycles. The smallest absolute Gasteiger partial charge is 0.271 e. The molecule has 0 radical (unpaired) electrons. The Balaban J connectivity index is 1.49.